The third-order valence-electron chi connectivity index (χ3n) is 4.70. The van der Waals surface area contributed by atoms with Gasteiger partial charge in [0.05, 0.1) is 6.54 Å². The normalized spacial score (nSPS) is 10.8. The molecule has 0 atom stereocenters. The molecule has 33 heavy (non-hydrogen) atoms. The third kappa shape index (κ3) is 6.01. The summed E-state index contributed by atoms with van der Waals surface area (Å²) in [4.78, 5) is 27.7. The zero-order chi connectivity index (χ0) is 23.0. The van der Waals surface area contributed by atoms with E-state index in [0.717, 1.165) is 22.4 Å². The SMILES string of the molecule is CC(=O)Nc1ccc(OC(=O)/C=C/c2cn(Cc3ccccc3)nc2-c2cccnc2)cc1. The summed E-state index contributed by atoms with van der Waals surface area (Å²) in [5, 5.41) is 7.38. The van der Waals surface area contributed by atoms with Gasteiger partial charge in [-0.15, -0.1) is 0 Å². The zero-order valence-corrected chi connectivity index (χ0v) is 18.0. The van der Waals surface area contributed by atoms with Gasteiger partial charge in [0.1, 0.15) is 11.4 Å². The van der Waals surface area contributed by atoms with Crippen molar-refractivity contribution in [1.82, 2.24) is 14.8 Å². The van der Waals surface area contributed by atoms with E-state index in [-0.39, 0.29) is 5.91 Å². The van der Waals surface area contributed by atoms with E-state index < -0.39 is 5.97 Å². The highest BCUT2D eigenvalue weighted by Gasteiger charge is 2.11. The number of nitrogens with one attached hydrogen (secondary N) is 1. The van der Waals surface area contributed by atoms with Crippen LogP contribution in [0.5, 0.6) is 5.75 Å². The Morgan fingerprint density at radius 3 is 2.52 bits per heavy atom. The van der Waals surface area contributed by atoms with E-state index in [9.17, 15) is 9.59 Å². The molecular formula is C26H22N4O3. The molecule has 0 aliphatic carbocycles. The molecule has 0 aliphatic heterocycles. The molecule has 2 aromatic heterocycles. The molecular weight excluding hydrogens is 416 g/mol. The topological polar surface area (TPSA) is 86.1 Å². The van der Waals surface area contributed by atoms with Crippen LogP contribution in [-0.2, 0) is 16.1 Å². The van der Waals surface area contributed by atoms with E-state index in [1.807, 2.05) is 53.3 Å². The highest BCUT2D eigenvalue weighted by molar-refractivity contribution is 5.90. The molecule has 2 heterocycles. The van der Waals surface area contributed by atoms with Gasteiger partial charge < -0.3 is 10.1 Å². The maximum absolute atomic E-state index is 12.4. The molecule has 0 saturated carbocycles. The molecule has 7 heteroatoms. The Labute approximate surface area is 191 Å². The quantitative estimate of drug-likeness (QED) is 0.259. The van der Waals surface area contributed by atoms with Crippen molar-refractivity contribution < 1.29 is 14.3 Å². The molecule has 164 valence electrons. The number of esters is 1. The number of hydrogen-bond donors (Lipinski definition) is 1. The molecule has 0 unspecified atom stereocenters. The minimum absolute atomic E-state index is 0.167. The number of anilines is 1. The number of rotatable bonds is 7. The maximum atomic E-state index is 12.4. The molecule has 0 bridgehead atoms. The van der Waals surface area contributed by atoms with Gasteiger partial charge in [0.2, 0.25) is 5.91 Å². The van der Waals surface area contributed by atoms with Crippen LogP contribution in [0.4, 0.5) is 5.69 Å². The largest absolute Gasteiger partial charge is 0.423 e. The standard InChI is InChI=1S/C26H22N4O3/c1-19(31)28-23-10-12-24(13-11-23)33-25(32)14-9-22-18-30(17-20-6-3-2-4-7-20)29-26(22)21-8-5-15-27-16-21/h2-16,18H,17H2,1H3,(H,28,31)/b14-9+. The lowest BCUT2D eigenvalue weighted by atomic mass is 10.1. The lowest BCUT2D eigenvalue weighted by Crippen LogP contribution is -2.06. The van der Waals surface area contributed by atoms with Crippen LogP contribution in [0.25, 0.3) is 17.3 Å². The summed E-state index contributed by atoms with van der Waals surface area (Å²) in [6, 6.07) is 20.4. The first kappa shape index (κ1) is 21.7. The Morgan fingerprint density at radius 1 is 1.03 bits per heavy atom. The summed E-state index contributed by atoms with van der Waals surface area (Å²) < 4.78 is 7.20. The van der Waals surface area contributed by atoms with Gasteiger partial charge in [-0.05, 0) is 48.0 Å². The second-order valence-corrected chi connectivity index (χ2v) is 7.32. The lowest BCUT2D eigenvalue weighted by Gasteiger charge is -2.04. The first-order valence-electron chi connectivity index (χ1n) is 10.4. The molecule has 1 amide bonds. The number of hydrogen-bond acceptors (Lipinski definition) is 5. The van der Waals surface area contributed by atoms with Crippen molar-refractivity contribution in [1.29, 1.82) is 0 Å². The van der Waals surface area contributed by atoms with Crippen molar-refractivity contribution >= 4 is 23.6 Å². The first-order valence-corrected chi connectivity index (χ1v) is 10.4. The number of nitrogens with zero attached hydrogens (tertiary/aromatic N) is 3. The number of pyridine rings is 1. The zero-order valence-electron chi connectivity index (χ0n) is 18.0. The average Bonchev–Trinajstić information content (AvgIpc) is 3.22. The molecule has 4 aromatic rings. The van der Waals surface area contributed by atoms with Gasteiger partial charge >= 0.3 is 5.97 Å². The summed E-state index contributed by atoms with van der Waals surface area (Å²) in [6.07, 6.45) is 8.38. The Bertz CT molecular complexity index is 1260. The summed E-state index contributed by atoms with van der Waals surface area (Å²) >= 11 is 0. The summed E-state index contributed by atoms with van der Waals surface area (Å²) in [6.45, 7) is 2.04. The van der Waals surface area contributed by atoms with Crippen LogP contribution in [0.3, 0.4) is 0 Å². The second-order valence-electron chi connectivity index (χ2n) is 7.32. The molecule has 2 aromatic carbocycles. The van der Waals surface area contributed by atoms with Gasteiger partial charge in [-0.2, -0.15) is 5.10 Å². The van der Waals surface area contributed by atoms with Crippen LogP contribution >= 0.6 is 0 Å². The fourth-order valence-corrected chi connectivity index (χ4v) is 3.25. The van der Waals surface area contributed by atoms with Gasteiger partial charge in [-0.3, -0.25) is 14.5 Å². The monoisotopic (exact) mass is 438 g/mol. The molecule has 0 aliphatic rings. The van der Waals surface area contributed by atoms with Crippen molar-refractivity contribution in [3.63, 3.8) is 0 Å². The smallest absolute Gasteiger partial charge is 0.336 e. The van der Waals surface area contributed by atoms with E-state index in [0.29, 0.717) is 18.0 Å². The van der Waals surface area contributed by atoms with Gasteiger partial charge in [0.25, 0.3) is 0 Å². The first-order chi connectivity index (χ1) is 16.1. The fraction of sp³-hybridized carbons (Fsp3) is 0.0769. The summed E-state index contributed by atoms with van der Waals surface area (Å²) in [5.41, 5.74) is 4.10. The van der Waals surface area contributed by atoms with Crippen molar-refractivity contribution in [3.8, 4) is 17.0 Å². The van der Waals surface area contributed by atoms with E-state index in [1.54, 1.807) is 42.7 Å². The van der Waals surface area contributed by atoms with Crippen LogP contribution in [0.15, 0.2) is 91.4 Å². The average molecular weight is 438 g/mol. The lowest BCUT2D eigenvalue weighted by molar-refractivity contribution is -0.128. The molecule has 0 fully saturated rings. The van der Waals surface area contributed by atoms with Crippen LogP contribution in [0, 0.1) is 0 Å². The van der Waals surface area contributed by atoms with E-state index in [1.165, 1.54) is 13.0 Å². The molecule has 1 N–H and O–H groups in total. The van der Waals surface area contributed by atoms with Gasteiger partial charge in [0, 0.05) is 48.4 Å². The maximum Gasteiger partial charge on any atom is 0.336 e. The molecule has 0 saturated heterocycles. The predicted molar refractivity (Wildman–Crippen MR) is 126 cm³/mol. The number of aromatic nitrogens is 3. The van der Waals surface area contributed by atoms with E-state index >= 15 is 0 Å². The van der Waals surface area contributed by atoms with Crippen molar-refractivity contribution in [3.05, 3.63) is 103 Å². The summed E-state index contributed by atoms with van der Waals surface area (Å²) in [5.74, 6) is -0.305. The number of amides is 1. The van der Waals surface area contributed by atoms with E-state index in [4.69, 9.17) is 9.84 Å². The predicted octanol–water partition coefficient (Wildman–Crippen LogP) is 4.57. The van der Waals surface area contributed by atoms with Crippen molar-refractivity contribution in [2.45, 2.75) is 13.5 Å². The second kappa shape index (κ2) is 10.2. The molecule has 0 radical (unpaired) electrons. The van der Waals surface area contributed by atoms with Gasteiger partial charge in [-0.25, -0.2) is 4.79 Å². The Morgan fingerprint density at radius 2 is 1.82 bits per heavy atom. The highest BCUT2D eigenvalue weighted by Crippen LogP contribution is 2.23. The number of carbonyl (C=O) groups is 2. The minimum atomic E-state index is -0.518. The third-order valence-corrected chi connectivity index (χ3v) is 4.70. The van der Waals surface area contributed by atoms with Crippen LogP contribution in [0.1, 0.15) is 18.1 Å². The van der Waals surface area contributed by atoms with Crippen LogP contribution in [0.2, 0.25) is 0 Å². The number of carbonyl (C=O) groups excluding carboxylic acids is 2. The number of benzene rings is 2. The minimum Gasteiger partial charge on any atom is -0.423 e. The van der Waals surface area contributed by atoms with E-state index in [2.05, 4.69) is 10.3 Å². The van der Waals surface area contributed by atoms with Crippen molar-refractivity contribution in [2.24, 2.45) is 0 Å². The number of ether oxygens (including phenoxy) is 1. The molecule has 4 rings (SSSR count). The van der Waals surface area contributed by atoms with Crippen LogP contribution < -0.4 is 10.1 Å². The van der Waals surface area contributed by atoms with Crippen molar-refractivity contribution in [2.75, 3.05) is 5.32 Å². The molecule has 7 nitrogen and oxygen atoms in total. The highest BCUT2D eigenvalue weighted by atomic mass is 16.5. The van der Waals surface area contributed by atoms with Crippen LogP contribution in [-0.4, -0.2) is 26.6 Å². The van der Waals surface area contributed by atoms with Gasteiger partial charge in [0.15, 0.2) is 0 Å². The Kier molecular flexibility index (Phi) is 6.70. The fourth-order valence-electron chi connectivity index (χ4n) is 3.25. The van der Waals surface area contributed by atoms with Gasteiger partial charge in [-0.1, -0.05) is 30.3 Å². The Balaban J connectivity index is 1.52. The Hall–Kier alpha value is -4.52. The summed E-state index contributed by atoms with van der Waals surface area (Å²) in [7, 11) is 0. The molecule has 0 spiro atoms.